The first-order valence-electron chi connectivity index (χ1n) is 5.91. The lowest BCUT2D eigenvalue weighted by Gasteiger charge is -2.34. The SMILES string of the molecule is Cl.Cl.Oc1c(I)cc([C@H](C(F)F)N2CCNCC2)cc1I. The number of piperazine rings is 1. The minimum Gasteiger partial charge on any atom is -0.506 e. The van der Waals surface area contributed by atoms with Gasteiger partial charge in [-0.2, -0.15) is 0 Å². The highest BCUT2D eigenvalue weighted by atomic mass is 127. The predicted octanol–water partition coefficient (Wildman–Crippen LogP) is 3.66. The van der Waals surface area contributed by atoms with Crippen molar-refractivity contribution in [1.82, 2.24) is 10.2 Å². The molecule has 0 bridgehead atoms. The van der Waals surface area contributed by atoms with Gasteiger partial charge in [0.1, 0.15) is 5.75 Å². The second-order valence-electron chi connectivity index (χ2n) is 4.40. The van der Waals surface area contributed by atoms with Crippen molar-refractivity contribution in [3.8, 4) is 5.75 Å². The third-order valence-electron chi connectivity index (χ3n) is 3.16. The van der Waals surface area contributed by atoms with Gasteiger partial charge in [0.15, 0.2) is 0 Å². The fourth-order valence-corrected chi connectivity index (χ4v) is 4.05. The van der Waals surface area contributed by atoms with Crippen LogP contribution in [0.1, 0.15) is 11.6 Å². The van der Waals surface area contributed by atoms with Crippen LogP contribution in [0.4, 0.5) is 8.78 Å². The summed E-state index contributed by atoms with van der Waals surface area (Å²) in [7, 11) is 0. The van der Waals surface area contributed by atoms with Gasteiger partial charge in [-0.25, -0.2) is 8.78 Å². The molecule has 0 radical (unpaired) electrons. The molecule has 122 valence electrons. The fraction of sp³-hybridized carbons (Fsp3) is 0.500. The quantitative estimate of drug-likeness (QED) is 0.549. The lowest BCUT2D eigenvalue weighted by atomic mass is 10.0. The number of hydrogen-bond donors (Lipinski definition) is 2. The molecule has 9 heteroatoms. The van der Waals surface area contributed by atoms with Crippen molar-refractivity contribution < 1.29 is 13.9 Å². The Morgan fingerprint density at radius 2 is 1.57 bits per heavy atom. The van der Waals surface area contributed by atoms with Gasteiger partial charge in [0.25, 0.3) is 6.43 Å². The van der Waals surface area contributed by atoms with Crippen LogP contribution in [0, 0.1) is 7.14 Å². The van der Waals surface area contributed by atoms with Gasteiger partial charge in [-0.05, 0) is 62.9 Å². The minimum atomic E-state index is -2.44. The monoisotopic (exact) mass is 566 g/mol. The van der Waals surface area contributed by atoms with Crippen molar-refractivity contribution >= 4 is 70.0 Å². The number of halogens is 6. The minimum absolute atomic E-state index is 0. The Morgan fingerprint density at radius 3 is 2.00 bits per heavy atom. The zero-order chi connectivity index (χ0) is 14.0. The first-order chi connectivity index (χ1) is 9.00. The molecule has 2 rings (SSSR count). The van der Waals surface area contributed by atoms with Gasteiger partial charge in [0.05, 0.1) is 13.2 Å². The van der Waals surface area contributed by atoms with E-state index in [2.05, 4.69) is 5.32 Å². The highest BCUT2D eigenvalue weighted by Gasteiger charge is 2.30. The summed E-state index contributed by atoms with van der Waals surface area (Å²) in [6.45, 7) is 2.69. The Labute approximate surface area is 162 Å². The third-order valence-corrected chi connectivity index (χ3v) is 4.81. The van der Waals surface area contributed by atoms with E-state index in [-0.39, 0.29) is 30.6 Å². The van der Waals surface area contributed by atoms with Crippen molar-refractivity contribution in [3.63, 3.8) is 0 Å². The Bertz CT molecular complexity index is 440. The molecule has 0 unspecified atom stereocenters. The summed E-state index contributed by atoms with van der Waals surface area (Å²) in [5.41, 5.74) is 0.573. The molecule has 0 amide bonds. The van der Waals surface area contributed by atoms with Crippen LogP contribution in [0.15, 0.2) is 12.1 Å². The summed E-state index contributed by atoms with van der Waals surface area (Å²) in [6, 6.07) is 2.40. The number of nitrogens with zero attached hydrogens (tertiary/aromatic N) is 1. The Morgan fingerprint density at radius 1 is 1.10 bits per heavy atom. The average molecular weight is 567 g/mol. The molecule has 1 heterocycles. The van der Waals surface area contributed by atoms with Gasteiger partial charge >= 0.3 is 0 Å². The van der Waals surface area contributed by atoms with Crippen LogP contribution in [0.5, 0.6) is 5.75 Å². The second kappa shape index (κ2) is 9.86. The number of alkyl halides is 2. The number of rotatable bonds is 3. The van der Waals surface area contributed by atoms with Crippen LogP contribution in [-0.4, -0.2) is 42.6 Å². The van der Waals surface area contributed by atoms with Crippen LogP contribution in [0.25, 0.3) is 0 Å². The lowest BCUT2D eigenvalue weighted by molar-refractivity contribution is 0.0181. The number of benzene rings is 1. The van der Waals surface area contributed by atoms with Gasteiger partial charge in [0, 0.05) is 26.2 Å². The second-order valence-corrected chi connectivity index (χ2v) is 6.72. The summed E-state index contributed by atoms with van der Waals surface area (Å²) in [4.78, 5) is 1.81. The van der Waals surface area contributed by atoms with Crippen LogP contribution >= 0.6 is 70.0 Å². The molecule has 0 aliphatic carbocycles. The van der Waals surface area contributed by atoms with E-state index >= 15 is 0 Å². The molecule has 3 nitrogen and oxygen atoms in total. The summed E-state index contributed by atoms with van der Waals surface area (Å²) >= 11 is 3.95. The Kier molecular flexibility index (Phi) is 10.3. The molecule has 1 saturated heterocycles. The molecule has 0 saturated carbocycles. The van der Waals surface area contributed by atoms with Crippen molar-refractivity contribution in [3.05, 3.63) is 24.8 Å². The normalized spacial score (nSPS) is 17.0. The van der Waals surface area contributed by atoms with Crippen molar-refractivity contribution in [2.45, 2.75) is 12.5 Å². The topological polar surface area (TPSA) is 35.5 Å². The van der Waals surface area contributed by atoms with Gasteiger partial charge in [-0.3, -0.25) is 4.90 Å². The smallest absolute Gasteiger partial charge is 0.258 e. The van der Waals surface area contributed by atoms with Crippen molar-refractivity contribution in [1.29, 1.82) is 0 Å². The average Bonchev–Trinajstić information content (AvgIpc) is 2.37. The molecule has 1 aliphatic rings. The summed E-state index contributed by atoms with van der Waals surface area (Å²) in [5, 5.41) is 12.9. The fourth-order valence-electron chi connectivity index (χ4n) is 2.23. The number of phenolic OH excluding ortho intramolecular Hbond substituents is 1. The van der Waals surface area contributed by atoms with E-state index in [0.29, 0.717) is 25.8 Å². The maximum Gasteiger partial charge on any atom is 0.258 e. The molecule has 1 aliphatic heterocycles. The van der Waals surface area contributed by atoms with E-state index in [1.165, 1.54) is 0 Å². The molecule has 2 N–H and O–H groups in total. The van der Waals surface area contributed by atoms with Crippen molar-refractivity contribution in [2.24, 2.45) is 0 Å². The zero-order valence-electron chi connectivity index (χ0n) is 10.9. The van der Waals surface area contributed by atoms with Crippen LogP contribution in [-0.2, 0) is 0 Å². The maximum absolute atomic E-state index is 13.4. The first-order valence-corrected chi connectivity index (χ1v) is 8.07. The third kappa shape index (κ3) is 5.45. The van der Waals surface area contributed by atoms with E-state index in [4.69, 9.17) is 0 Å². The highest BCUT2D eigenvalue weighted by Crippen LogP contribution is 2.34. The van der Waals surface area contributed by atoms with E-state index in [9.17, 15) is 13.9 Å². The number of hydrogen-bond acceptors (Lipinski definition) is 3. The van der Waals surface area contributed by atoms with E-state index in [1.807, 2.05) is 45.2 Å². The molecule has 21 heavy (non-hydrogen) atoms. The van der Waals surface area contributed by atoms with Gasteiger partial charge < -0.3 is 10.4 Å². The van der Waals surface area contributed by atoms with Gasteiger partial charge in [-0.15, -0.1) is 24.8 Å². The van der Waals surface area contributed by atoms with Crippen LogP contribution in [0.3, 0.4) is 0 Å². The van der Waals surface area contributed by atoms with E-state index in [0.717, 1.165) is 13.1 Å². The van der Waals surface area contributed by atoms with E-state index < -0.39 is 12.5 Å². The first kappa shape index (κ1) is 21.8. The molecule has 1 aromatic carbocycles. The number of aromatic hydroxyl groups is 1. The zero-order valence-corrected chi connectivity index (χ0v) is 16.8. The van der Waals surface area contributed by atoms with Crippen molar-refractivity contribution in [2.75, 3.05) is 26.2 Å². The lowest BCUT2D eigenvalue weighted by Crippen LogP contribution is -2.46. The summed E-state index contributed by atoms with van der Waals surface area (Å²) in [5.74, 6) is 0.165. The van der Waals surface area contributed by atoms with Crippen LogP contribution in [0.2, 0.25) is 0 Å². The van der Waals surface area contributed by atoms with E-state index in [1.54, 1.807) is 17.0 Å². The van der Waals surface area contributed by atoms with Gasteiger partial charge in [-0.1, -0.05) is 0 Å². The maximum atomic E-state index is 13.4. The Balaban J connectivity index is 0.00000200. The Hall–Kier alpha value is 0.840. The molecule has 1 fully saturated rings. The largest absolute Gasteiger partial charge is 0.506 e. The molecule has 1 aromatic rings. The summed E-state index contributed by atoms with van der Waals surface area (Å²) < 4.78 is 28.0. The molecule has 0 aromatic heterocycles. The molecule has 0 spiro atoms. The molecular formula is C12H16Cl2F2I2N2O. The molecule has 1 atom stereocenters. The molecular weight excluding hydrogens is 551 g/mol. The van der Waals surface area contributed by atoms with Gasteiger partial charge in [0.2, 0.25) is 0 Å². The standard InChI is InChI=1S/C12H14F2I2N2O.2ClH/c13-12(14)10(18-3-1-17-2-4-18)7-5-8(15)11(19)9(16)6-7;;/h5-6,10,12,17,19H,1-4H2;2*1H/t10-;;/m1../s1. The predicted molar refractivity (Wildman–Crippen MR) is 101 cm³/mol. The number of nitrogens with one attached hydrogen (secondary N) is 1. The van der Waals surface area contributed by atoms with Crippen LogP contribution < -0.4 is 5.32 Å². The summed E-state index contributed by atoms with van der Waals surface area (Å²) in [6.07, 6.45) is -2.44. The number of phenols is 1. The highest BCUT2D eigenvalue weighted by molar-refractivity contribution is 14.1.